The quantitative estimate of drug-likeness (QED) is 0.412. The molecule has 2 aromatic carbocycles. The summed E-state index contributed by atoms with van der Waals surface area (Å²) in [5.41, 5.74) is 2.16. The van der Waals surface area contributed by atoms with Gasteiger partial charge in [0.25, 0.3) is 0 Å². The van der Waals surface area contributed by atoms with Crippen molar-refractivity contribution in [2.75, 3.05) is 36.9 Å². The third-order valence-corrected chi connectivity index (χ3v) is 4.38. The van der Waals surface area contributed by atoms with Crippen molar-refractivity contribution in [3.05, 3.63) is 48.5 Å². The third kappa shape index (κ3) is 9.03. The van der Waals surface area contributed by atoms with E-state index in [2.05, 4.69) is 62.6 Å². The van der Waals surface area contributed by atoms with E-state index in [-0.39, 0.29) is 0 Å². The van der Waals surface area contributed by atoms with E-state index in [1.54, 1.807) is 0 Å². The Labute approximate surface area is 170 Å². The van der Waals surface area contributed by atoms with Crippen LogP contribution in [0.4, 0.5) is 11.4 Å². The molecule has 28 heavy (non-hydrogen) atoms. The van der Waals surface area contributed by atoms with Crippen LogP contribution in [0.5, 0.6) is 11.5 Å². The van der Waals surface area contributed by atoms with Crippen molar-refractivity contribution >= 4 is 11.4 Å². The first kappa shape index (κ1) is 21.9. The molecule has 0 atom stereocenters. The number of ether oxygens (including phenoxy) is 2. The Balaban J connectivity index is 1.71. The monoisotopic (exact) mass is 384 g/mol. The summed E-state index contributed by atoms with van der Waals surface area (Å²) in [6.45, 7) is 12.0. The van der Waals surface area contributed by atoms with Crippen LogP contribution in [-0.2, 0) is 0 Å². The Kier molecular flexibility index (Phi) is 9.53. The van der Waals surface area contributed by atoms with Gasteiger partial charge in [0.1, 0.15) is 11.5 Å². The van der Waals surface area contributed by atoms with Crippen LogP contribution in [0, 0.1) is 11.8 Å². The number of benzene rings is 2. The zero-order chi connectivity index (χ0) is 20.2. The summed E-state index contributed by atoms with van der Waals surface area (Å²) in [5.74, 6) is 3.16. The number of anilines is 2. The molecule has 0 saturated carbocycles. The van der Waals surface area contributed by atoms with Gasteiger partial charge >= 0.3 is 0 Å². The fourth-order valence-electron chi connectivity index (χ4n) is 2.63. The summed E-state index contributed by atoms with van der Waals surface area (Å²) >= 11 is 0. The van der Waals surface area contributed by atoms with Crippen LogP contribution in [0.25, 0.3) is 0 Å². The molecule has 0 amide bonds. The van der Waals surface area contributed by atoms with Crippen LogP contribution >= 0.6 is 0 Å². The van der Waals surface area contributed by atoms with E-state index in [9.17, 15) is 0 Å². The summed E-state index contributed by atoms with van der Waals surface area (Å²) in [5, 5.41) is 6.88. The molecule has 0 aliphatic carbocycles. The standard InChI is InChI=1S/C24H36N2O2/c1-19(2)11-15-27-23-9-5-7-21(17-23)25-13-14-26-22-8-6-10-24(18-22)28-16-12-20(3)4/h5-10,17-20,25-26H,11-16H2,1-4H3. The summed E-state index contributed by atoms with van der Waals surface area (Å²) < 4.78 is 11.6. The van der Waals surface area contributed by atoms with Crippen LogP contribution in [0.2, 0.25) is 0 Å². The van der Waals surface area contributed by atoms with E-state index in [0.717, 1.165) is 62.0 Å². The van der Waals surface area contributed by atoms with Crippen molar-refractivity contribution in [1.29, 1.82) is 0 Å². The highest BCUT2D eigenvalue weighted by Gasteiger charge is 2.00. The van der Waals surface area contributed by atoms with Gasteiger partial charge in [0.15, 0.2) is 0 Å². The van der Waals surface area contributed by atoms with Crippen LogP contribution in [0.15, 0.2) is 48.5 Å². The normalized spacial score (nSPS) is 10.9. The predicted molar refractivity (Wildman–Crippen MR) is 120 cm³/mol. The number of hydrogen-bond acceptors (Lipinski definition) is 4. The van der Waals surface area contributed by atoms with Crippen LogP contribution in [-0.4, -0.2) is 26.3 Å². The highest BCUT2D eigenvalue weighted by molar-refractivity contribution is 5.50. The van der Waals surface area contributed by atoms with Gasteiger partial charge in [-0.05, 0) is 48.9 Å². The number of nitrogens with one attached hydrogen (secondary N) is 2. The highest BCUT2D eigenvalue weighted by atomic mass is 16.5. The van der Waals surface area contributed by atoms with Gasteiger partial charge in [-0.1, -0.05) is 39.8 Å². The lowest BCUT2D eigenvalue weighted by Gasteiger charge is -2.13. The maximum Gasteiger partial charge on any atom is 0.121 e. The van der Waals surface area contributed by atoms with E-state index < -0.39 is 0 Å². The van der Waals surface area contributed by atoms with E-state index in [4.69, 9.17) is 9.47 Å². The van der Waals surface area contributed by atoms with Crippen LogP contribution in [0.3, 0.4) is 0 Å². The highest BCUT2D eigenvalue weighted by Crippen LogP contribution is 2.19. The van der Waals surface area contributed by atoms with Crippen molar-refractivity contribution in [2.24, 2.45) is 11.8 Å². The predicted octanol–water partition coefficient (Wildman–Crippen LogP) is 6.06. The maximum atomic E-state index is 5.82. The molecule has 0 spiro atoms. The molecule has 0 heterocycles. The third-order valence-electron chi connectivity index (χ3n) is 4.38. The molecule has 4 heteroatoms. The van der Waals surface area contributed by atoms with Crippen molar-refractivity contribution < 1.29 is 9.47 Å². The van der Waals surface area contributed by atoms with Crippen molar-refractivity contribution in [3.63, 3.8) is 0 Å². The molecule has 4 nitrogen and oxygen atoms in total. The summed E-state index contributed by atoms with van der Waals surface area (Å²) in [6.07, 6.45) is 2.14. The summed E-state index contributed by atoms with van der Waals surface area (Å²) in [6, 6.07) is 16.3. The van der Waals surface area contributed by atoms with E-state index in [1.807, 2.05) is 24.3 Å². The number of rotatable bonds is 13. The fraction of sp³-hybridized carbons (Fsp3) is 0.500. The minimum atomic E-state index is 0.659. The molecule has 0 aliphatic heterocycles. The Bertz CT molecular complexity index is 626. The lowest BCUT2D eigenvalue weighted by atomic mass is 10.1. The smallest absolute Gasteiger partial charge is 0.121 e. The average Bonchev–Trinajstić information content (AvgIpc) is 2.65. The molecule has 0 aliphatic rings. The zero-order valence-corrected chi connectivity index (χ0v) is 17.8. The zero-order valence-electron chi connectivity index (χ0n) is 17.8. The molecule has 0 radical (unpaired) electrons. The lowest BCUT2D eigenvalue weighted by molar-refractivity contribution is 0.289. The maximum absolute atomic E-state index is 5.82. The molecule has 0 saturated heterocycles. The van der Waals surface area contributed by atoms with E-state index in [0.29, 0.717) is 11.8 Å². The summed E-state index contributed by atoms with van der Waals surface area (Å²) in [7, 11) is 0. The molecule has 0 aromatic heterocycles. The molecule has 154 valence electrons. The van der Waals surface area contributed by atoms with Crippen LogP contribution < -0.4 is 20.1 Å². The molecule has 2 rings (SSSR count). The molecule has 0 fully saturated rings. The van der Waals surface area contributed by atoms with Crippen molar-refractivity contribution in [2.45, 2.75) is 40.5 Å². The molecule has 0 unspecified atom stereocenters. The first-order chi connectivity index (χ1) is 13.5. The SMILES string of the molecule is CC(C)CCOc1cccc(NCCNc2cccc(OCCC(C)C)c2)c1. The molecular weight excluding hydrogens is 348 g/mol. The van der Waals surface area contributed by atoms with E-state index >= 15 is 0 Å². The number of hydrogen-bond donors (Lipinski definition) is 2. The Morgan fingerprint density at radius 3 is 1.50 bits per heavy atom. The second-order valence-electron chi connectivity index (χ2n) is 7.97. The topological polar surface area (TPSA) is 42.5 Å². The first-order valence-electron chi connectivity index (χ1n) is 10.5. The van der Waals surface area contributed by atoms with Gasteiger partial charge in [0.05, 0.1) is 13.2 Å². The van der Waals surface area contributed by atoms with Gasteiger partial charge in [-0.15, -0.1) is 0 Å². The van der Waals surface area contributed by atoms with Crippen molar-refractivity contribution in [3.8, 4) is 11.5 Å². The molecular formula is C24H36N2O2. The minimum Gasteiger partial charge on any atom is -0.494 e. The van der Waals surface area contributed by atoms with Gasteiger partial charge in [-0.2, -0.15) is 0 Å². The molecule has 2 N–H and O–H groups in total. The second kappa shape index (κ2) is 12.2. The van der Waals surface area contributed by atoms with Gasteiger partial charge in [0, 0.05) is 36.6 Å². The Morgan fingerprint density at radius 2 is 1.11 bits per heavy atom. The largest absolute Gasteiger partial charge is 0.494 e. The minimum absolute atomic E-state index is 0.659. The first-order valence-corrected chi connectivity index (χ1v) is 10.5. The fourth-order valence-corrected chi connectivity index (χ4v) is 2.63. The van der Waals surface area contributed by atoms with Gasteiger partial charge in [0.2, 0.25) is 0 Å². The Morgan fingerprint density at radius 1 is 0.679 bits per heavy atom. The van der Waals surface area contributed by atoms with Crippen molar-refractivity contribution in [1.82, 2.24) is 0 Å². The van der Waals surface area contributed by atoms with E-state index in [1.165, 1.54) is 0 Å². The second-order valence-corrected chi connectivity index (χ2v) is 7.97. The van der Waals surface area contributed by atoms with Crippen LogP contribution in [0.1, 0.15) is 40.5 Å². The Hall–Kier alpha value is -2.36. The molecule has 2 aromatic rings. The molecule has 0 bridgehead atoms. The van der Waals surface area contributed by atoms with Gasteiger partial charge < -0.3 is 20.1 Å². The average molecular weight is 385 g/mol. The summed E-state index contributed by atoms with van der Waals surface area (Å²) in [4.78, 5) is 0. The van der Waals surface area contributed by atoms with Gasteiger partial charge in [-0.25, -0.2) is 0 Å². The van der Waals surface area contributed by atoms with Gasteiger partial charge in [-0.3, -0.25) is 0 Å². The lowest BCUT2D eigenvalue weighted by Crippen LogP contribution is -2.13.